The Balaban J connectivity index is 2.39. The number of nitrogens with zero attached hydrogens (tertiary/aromatic N) is 2. The van der Waals surface area contributed by atoms with Gasteiger partial charge in [0.15, 0.2) is 0 Å². The van der Waals surface area contributed by atoms with Gasteiger partial charge in [-0.05, 0) is 37.3 Å². The third kappa shape index (κ3) is 1.95. The van der Waals surface area contributed by atoms with Crippen LogP contribution in [-0.2, 0) is 0 Å². The van der Waals surface area contributed by atoms with E-state index >= 15 is 0 Å². The molecule has 0 aliphatic heterocycles. The molecule has 0 aliphatic carbocycles. The lowest BCUT2D eigenvalue weighted by Crippen LogP contribution is -2.10. The van der Waals surface area contributed by atoms with Gasteiger partial charge in [-0.25, -0.2) is 14.5 Å². The first-order valence-electron chi connectivity index (χ1n) is 5.88. The highest BCUT2D eigenvalue weighted by Crippen LogP contribution is 2.26. The molecule has 0 atom stereocenters. The summed E-state index contributed by atoms with van der Waals surface area (Å²) in [6.07, 6.45) is 0. The van der Waals surface area contributed by atoms with Crippen molar-refractivity contribution in [3.05, 3.63) is 58.1 Å². The van der Waals surface area contributed by atoms with Gasteiger partial charge in [-0.3, -0.25) is 4.79 Å². The molecule has 20 heavy (non-hydrogen) atoms. The maximum absolute atomic E-state index is 13.9. The first-order valence-corrected chi connectivity index (χ1v) is 5.88. The van der Waals surface area contributed by atoms with Gasteiger partial charge >= 0.3 is 0 Å². The molecule has 4 nitrogen and oxygen atoms in total. The lowest BCUT2D eigenvalue weighted by Gasteiger charge is -2.06. The molecule has 0 bridgehead atoms. The van der Waals surface area contributed by atoms with Gasteiger partial charge in [0.1, 0.15) is 11.5 Å². The van der Waals surface area contributed by atoms with Crippen LogP contribution in [0.2, 0.25) is 0 Å². The van der Waals surface area contributed by atoms with Crippen LogP contribution in [0.4, 0.5) is 8.78 Å². The van der Waals surface area contributed by atoms with E-state index in [1.54, 1.807) is 13.0 Å². The van der Waals surface area contributed by atoms with E-state index in [0.29, 0.717) is 5.69 Å². The van der Waals surface area contributed by atoms with Crippen LogP contribution in [0.1, 0.15) is 5.69 Å². The van der Waals surface area contributed by atoms with Crippen LogP contribution in [0.25, 0.3) is 22.0 Å². The van der Waals surface area contributed by atoms with E-state index in [-0.39, 0.29) is 22.0 Å². The van der Waals surface area contributed by atoms with Crippen LogP contribution >= 0.6 is 0 Å². The van der Waals surface area contributed by atoms with Crippen LogP contribution in [-0.4, -0.2) is 15.2 Å². The molecule has 0 unspecified atom stereocenters. The number of halogens is 2. The highest BCUT2D eigenvalue weighted by molar-refractivity contribution is 5.93. The quantitative estimate of drug-likeness (QED) is 0.693. The molecular weight excluding hydrogens is 264 g/mol. The molecule has 0 aliphatic rings. The number of rotatable bonds is 1. The first-order chi connectivity index (χ1) is 9.56. The molecule has 3 rings (SSSR count). The third-order valence-corrected chi connectivity index (χ3v) is 2.99. The number of aromatic nitrogens is 3. The number of aromatic amines is 1. The Labute approximate surface area is 112 Å². The zero-order valence-electron chi connectivity index (χ0n) is 10.4. The van der Waals surface area contributed by atoms with E-state index in [2.05, 4.69) is 15.2 Å². The smallest absolute Gasteiger partial charge is 0.267 e. The molecule has 0 amide bonds. The largest absolute Gasteiger partial charge is 0.272 e. The molecule has 2 aromatic heterocycles. The van der Waals surface area contributed by atoms with Gasteiger partial charge in [-0.1, -0.05) is 0 Å². The van der Waals surface area contributed by atoms with Crippen LogP contribution in [0.5, 0.6) is 0 Å². The van der Waals surface area contributed by atoms with Gasteiger partial charge < -0.3 is 0 Å². The number of benzene rings is 1. The summed E-state index contributed by atoms with van der Waals surface area (Å²) in [5.41, 5.74) is 0.335. The second kappa shape index (κ2) is 4.48. The molecule has 0 radical (unpaired) electrons. The zero-order chi connectivity index (χ0) is 14.3. The summed E-state index contributed by atoms with van der Waals surface area (Å²) in [4.78, 5) is 15.4. The SMILES string of the molecule is Cc1ccc(-c2n[nH]c(=O)c3ccc(F)cc23)c(F)n1. The molecule has 3 aromatic rings. The summed E-state index contributed by atoms with van der Waals surface area (Å²) in [6.45, 7) is 1.66. The van der Waals surface area contributed by atoms with Crippen molar-refractivity contribution in [2.45, 2.75) is 6.92 Å². The average molecular weight is 273 g/mol. The van der Waals surface area contributed by atoms with E-state index in [4.69, 9.17) is 0 Å². The molecular formula is C14H9F2N3O. The average Bonchev–Trinajstić information content (AvgIpc) is 2.40. The second-order valence-electron chi connectivity index (χ2n) is 4.38. The number of hydrogen-bond acceptors (Lipinski definition) is 3. The van der Waals surface area contributed by atoms with Crippen molar-refractivity contribution in [2.75, 3.05) is 0 Å². The summed E-state index contributed by atoms with van der Waals surface area (Å²) >= 11 is 0. The van der Waals surface area contributed by atoms with Crippen molar-refractivity contribution in [1.29, 1.82) is 0 Å². The predicted octanol–water partition coefficient (Wildman–Crippen LogP) is 2.57. The fourth-order valence-corrected chi connectivity index (χ4v) is 2.04. The molecule has 1 aromatic carbocycles. The summed E-state index contributed by atoms with van der Waals surface area (Å²) < 4.78 is 27.3. The van der Waals surface area contributed by atoms with Gasteiger partial charge in [-0.15, -0.1) is 0 Å². The Hall–Kier alpha value is -2.63. The van der Waals surface area contributed by atoms with Crippen molar-refractivity contribution < 1.29 is 8.78 Å². The van der Waals surface area contributed by atoms with Crippen LogP contribution in [0.3, 0.4) is 0 Å². The zero-order valence-corrected chi connectivity index (χ0v) is 10.4. The monoisotopic (exact) mass is 273 g/mol. The molecule has 100 valence electrons. The minimum absolute atomic E-state index is 0.113. The maximum atomic E-state index is 13.9. The van der Waals surface area contributed by atoms with Gasteiger partial charge in [0.2, 0.25) is 5.95 Å². The highest BCUT2D eigenvalue weighted by Gasteiger charge is 2.14. The highest BCUT2D eigenvalue weighted by atomic mass is 19.1. The second-order valence-corrected chi connectivity index (χ2v) is 4.38. The molecule has 0 spiro atoms. The van der Waals surface area contributed by atoms with E-state index in [1.165, 1.54) is 18.2 Å². The standard InChI is InChI=1S/C14H9F2N3O/c1-7-2-4-10(13(16)17-7)12-11-6-8(15)3-5-9(11)14(20)19-18-12/h2-6H,1H3,(H,19,20). The molecule has 0 saturated carbocycles. The van der Waals surface area contributed by atoms with Crippen molar-refractivity contribution in [3.8, 4) is 11.3 Å². The maximum Gasteiger partial charge on any atom is 0.272 e. The number of hydrogen-bond donors (Lipinski definition) is 1. The van der Waals surface area contributed by atoms with Gasteiger partial charge in [0, 0.05) is 11.1 Å². The topological polar surface area (TPSA) is 58.6 Å². The molecule has 1 N–H and O–H groups in total. The lowest BCUT2D eigenvalue weighted by molar-refractivity contribution is 0.583. The summed E-state index contributed by atoms with van der Waals surface area (Å²) in [5.74, 6) is -1.23. The van der Waals surface area contributed by atoms with Crippen molar-refractivity contribution in [2.24, 2.45) is 0 Å². The van der Waals surface area contributed by atoms with Gasteiger partial charge in [-0.2, -0.15) is 9.49 Å². The Morgan fingerprint density at radius 1 is 1.10 bits per heavy atom. The van der Waals surface area contributed by atoms with E-state index < -0.39 is 17.3 Å². The first kappa shape index (κ1) is 12.4. The van der Waals surface area contributed by atoms with E-state index in [0.717, 1.165) is 6.07 Å². The number of pyridine rings is 1. The third-order valence-electron chi connectivity index (χ3n) is 2.99. The van der Waals surface area contributed by atoms with Crippen molar-refractivity contribution in [3.63, 3.8) is 0 Å². The van der Waals surface area contributed by atoms with E-state index in [9.17, 15) is 13.6 Å². The fraction of sp³-hybridized carbons (Fsp3) is 0.0714. The van der Waals surface area contributed by atoms with Crippen LogP contribution in [0.15, 0.2) is 35.1 Å². The minimum Gasteiger partial charge on any atom is -0.267 e. The van der Waals surface area contributed by atoms with Crippen molar-refractivity contribution >= 4 is 10.8 Å². The molecule has 2 heterocycles. The Bertz CT molecular complexity index is 874. The number of H-pyrrole nitrogens is 1. The normalized spacial score (nSPS) is 10.9. The van der Waals surface area contributed by atoms with Gasteiger partial charge in [0.25, 0.3) is 5.56 Å². The fourth-order valence-electron chi connectivity index (χ4n) is 2.04. The van der Waals surface area contributed by atoms with Crippen LogP contribution < -0.4 is 5.56 Å². The number of nitrogens with one attached hydrogen (secondary N) is 1. The lowest BCUT2D eigenvalue weighted by atomic mass is 10.1. The number of fused-ring (bicyclic) bond motifs is 1. The molecule has 6 heteroatoms. The Kier molecular flexibility index (Phi) is 2.78. The summed E-state index contributed by atoms with van der Waals surface area (Å²) in [7, 11) is 0. The molecule has 0 fully saturated rings. The Morgan fingerprint density at radius 2 is 1.90 bits per heavy atom. The van der Waals surface area contributed by atoms with Gasteiger partial charge in [0.05, 0.1) is 10.9 Å². The van der Waals surface area contributed by atoms with E-state index in [1.807, 2.05) is 0 Å². The molecule has 0 saturated heterocycles. The summed E-state index contributed by atoms with van der Waals surface area (Å²) in [6, 6.07) is 6.80. The predicted molar refractivity (Wildman–Crippen MR) is 70.2 cm³/mol. The van der Waals surface area contributed by atoms with Crippen molar-refractivity contribution in [1.82, 2.24) is 15.2 Å². The Morgan fingerprint density at radius 3 is 2.65 bits per heavy atom. The minimum atomic E-state index is -0.713. The van der Waals surface area contributed by atoms with Crippen LogP contribution in [0, 0.1) is 18.7 Å². The number of aryl methyl sites for hydroxylation is 1. The summed E-state index contributed by atoms with van der Waals surface area (Å²) in [5, 5.41) is 6.60.